The van der Waals surface area contributed by atoms with Crippen LogP contribution in [-0.2, 0) is 20.7 Å². The average molecular weight is 515 g/mol. The van der Waals surface area contributed by atoms with E-state index in [4.69, 9.17) is 9.47 Å². The molecule has 1 aromatic heterocycles. The third-order valence-corrected chi connectivity index (χ3v) is 6.40. The molecule has 0 aliphatic heterocycles. The summed E-state index contributed by atoms with van der Waals surface area (Å²) in [6.07, 6.45) is -1.03. The molecule has 3 aromatic carbocycles. The van der Waals surface area contributed by atoms with Gasteiger partial charge in [-0.2, -0.15) is 0 Å². The van der Waals surface area contributed by atoms with Crippen LogP contribution >= 0.6 is 11.3 Å². The van der Waals surface area contributed by atoms with Gasteiger partial charge in [0, 0.05) is 23.7 Å². The molecule has 0 bridgehead atoms. The first-order chi connectivity index (χ1) is 18.0. The number of esters is 1. The van der Waals surface area contributed by atoms with Crippen molar-refractivity contribution >= 4 is 34.8 Å². The first-order valence-corrected chi connectivity index (χ1v) is 12.5. The van der Waals surface area contributed by atoms with E-state index in [1.165, 1.54) is 18.4 Å². The lowest BCUT2D eigenvalue weighted by Crippen LogP contribution is -2.44. The van der Waals surface area contributed by atoms with Crippen molar-refractivity contribution < 1.29 is 23.9 Å². The summed E-state index contributed by atoms with van der Waals surface area (Å²) >= 11 is 1.27. The summed E-state index contributed by atoms with van der Waals surface area (Å²) in [5.41, 5.74) is 1.83. The maximum Gasteiger partial charge on any atom is 0.330 e. The predicted octanol–water partition coefficient (Wildman–Crippen LogP) is 5.02. The van der Waals surface area contributed by atoms with Crippen LogP contribution in [0.1, 0.15) is 26.9 Å². The number of methoxy groups -OCH3 is 1. The fourth-order valence-corrected chi connectivity index (χ4v) is 4.31. The van der Waals surface area contributed by atoms with Crippen LogP contribution < -0.4 is 15.4 Å². The highest BCUT2D eigenvalue weighted by atomic mass is 32.1. The van der Waals surface area contributed by atoms with E-state index in [1.54, 1.807) is 66.0 Å². The van der Waals surface area contributed by atoms with Crippen LogP contribution in [0.4, 0.5) is 5.69 Å². The molecule has 0 spiro atoms. The Morgan fingerprint density at radius 2 is 1.59 bits per heavy atom. The van der Waals surface area contributed by atoms with Gasteiger partial charge in [0.05, 0.1) is 12.0 Å². The molecule has 0 aliphatic carbocycles. The minimum absolute atomic E-state index is 0.204. The van der Waals surface area contributed by atoms with Crippen molar-refractivity contribution in [3.05, 3.63) is 118 Å². The molecule has 7 nitrogen and oxygen atoms in total. The molecule has 4 aromatic rings. The molecule has 0 fully saturated rings. The SMILES string of the molecule is COc1cccc(NC(=O)[C@H](OC(=O)[C@H](Cc2ccccc2)NC(=O)c2cccs2)c2ccccc2)c1. The summed E-state index contributed by atoms with van der Waals surface area (Å²) in [5, 5.41) is 7.35. The van der Waals surface area contributed by atoms with Gasteiger partial charge in [0.15, 0.2) is 0 Å². The Kier molecular flexibility index (Phi) is 8.67. The Bertz CT molecular complexity index is 1330. The Hall–Kier alpha value is -4.43. The number of anilines is 1. The van der Waals surface area contributed by atoms with Crippen LogP contribution in [0, 0.1) is 0 Å². The normalized spacial score (nSPS) is 12.1. The van der Waals surface area contributed by atoms with Gasteiger partial charge < -0.3 is 20.1 Å². The second kappa shape index (κ2) is 12.5. The van der Waals surface area contributed by atoms with Gasteiger partial charge in [-0.3, -0.25) is 9.59 Å². The summed E-state index contributed by atoms with van der Waals surface area (Å²) < 4.78 is 11.0. The number of ether oxygens (including phenoxy) is 2. The molecule has 0 unspecified atom stereocenters. The second-order valence-corrected chi connectivity index (χ2v) is 9.09. The molecule has 8 heteroatoms. The number of thiophene rings is 1. The number of hydrogen-bond donors (Lipinski definition) is 2. The Morgan fingerprint density at radius 3 is 2.27 bits per heavy atom. The average Bonchev–Trinajstić information content (AvgIpc) is 3.48. The molecule has 188 valence electrons. The van der Waals surface area contributed by atoms with Crippen molar-refractivity contribution in [2.24, 2.45) is 0 Å². The highest BCUT2D eigenvalue weighted by Gasteiger charge is 2.31. The van der Waals surface area contributed by atoms with Gasteiger partial charge in [0.1, 0.15) is 11.8 Å². The number of rotatable bonds is 10. The van der Waals surface area contributed by atoms with Crippen LogP contribution in [0.2, 0.25) is 0 Å². The van der Waals surface area contributed by atoms with Crippen molar-refractivity contribution in [1.29, 1.82) is 0 Å². The standard InChI is InChI=1S/C29H26N2O5S/c1-35-23-15-8-14-22(19-23)30-28(33)26(21-12-6-3-7-13-21)36-29(34)24(18-20-10-4-2-5-11-20)31-27(32)25-16-9-17-37-25/h2-17,19,24,26H,18H2,1H3,(H,30,33)(H,31,32)/t24-,26+/m0/s1. The van der Waals surface area contributed by atoms with Gasteiger partial charge in [0.25, 0.3) is 11.8 Å². The lowest BCUT2D eigenvalue weighted by Gasteiger charge is -2.23. The van der Waals surface area contributed by atoms with E-state index in [1.807, 2.05) is 36.4 Å². The molecule has 2 atom stereocenters. The summed E-state index contributed by atoms with van der Waals surface area (Å²) in [6.45, 7) is 0. The molecular formula is C29H26N2O5S. The second-order valence-electron chi connectivity index (χ2n) is 8.14. The minimum atomic E-state index is -1.24. The number of carbonyl (C=O) groups is 3. The zero-order valence-corrected chi connectivity index (χ0v) is 20.9. The molecule has 2 N–H and O–H groups in total. The van der Waals surface area contributed by atoms with E-state index < -0.39 is 24.0 Å². The van der Waals surface area contributed by atoms with Crippen LogP contribution in [0.25, 0.3) is 0 Å². The van der Waals surface area contributed by atoms with Gasteiger partial charge in [-0.15, -0.1) is 11.3 Å². The summed E-state index contributed by atoms with van der Waals surface area (Å²) in [7, 11) is 1.53. The summed E-state index contributed by atoms with van der Waals surface area (Å²) in [4.78, 5) is 40.1. The van der Waals surface area contributed by atoms with Crippen molar-refractivity contribution in [3.8, 4) is 5.75 Å². The zero-order chi connectivity index (χ0) is 26.0. The highest BCUT2D eigenvalue weighted by molar-refractivity contribution is 7.12. The molecule has 4 rings (SSSR count). The first kappa shape index (κ1) is 25.7. The highest BCUT2D eigenvalue weighted by Crippen LogP contribution is 2.23. The van der Waals surface area contributed by atoms with Crippen molar-refractivity contribution in [1.82, 2.24) is 5.32 Å². The van der Waals surface area contributed by atoms with E-state index in [-0.39, 0.29) is 12.3 Å². The number of hydrogen-bond acceptors (Lipinski definition) is 6. The largest absolute Gasteiger partial charge is 0.497 e. The summed E-state index contributed by atoms with van der Waals surface area (Å²) in [6, 6.07) is 27.4. The molecule has 0 saturated carbocycles. The lowest BCUT2D eigenvalue weighted by atomic mass is 10.0. The maximum atomic E-state index is 13.5. The smallest absolute Gasteiger partial charge is 0.330 e. The van der Waals surface area contributed by atoms with E-state index in [0.29, 0.717) is 21.9 Å². The Labute approximate surface area is 219 Å². The van der Waals surface area contributed by atoms with Crippen LogP contribution in [0.3, 0.4) is 0 Å². The predicted molar refractivity (Wildman–Crippen MR) is 143 cm³/mol. The van der Waals surface area contributed by atoms with E-state index >= 15 is 0 Å². The fraction of sp³-hybridized carbons (Fsp3) is 0.138. The van der Waals surface area contributed by atoms with Crippen LogP contribution in [0.5, 0.6) is 5.75 Å². The number of carbonyl (C=O) groups excluding carboxylic acids is 3. The monoisotopic (exact) mass is 514 g/mol. The number of nitrogens with one attached hydrogen (secondary N) is 2. The Morgan fingerprint density at radius 1 is 0.865 bits per heavy atom. The molecule has 37 heavy (non-hydrogen) atoms. The van der Waals surface area contributed by atoms with Crippen molar-refractivity contribution in [2.75, 3.05) is 12.4 Å². The van der Waals surface area contributed by atoms with Crippen molar-refractivity contribution in [3.63, 3.8) is 0 Å². The van der Waals surface area contributed by atoms with E-state index in [0.717, 1.165) is 5.56 Å². The van der Waals surface area contributed by atoms with Gasteiger partial charge in [0.2, 0.25) is 6.10 Å². The quantitative estimate of drug-likeness (QED) is 0.290. The molecular weight excluding hydrogens is 488 g/mol. The maximum absolute atomic E-state index is 13.5. The first-order valence-electron chi connectivity index (χ1n) is 11.6. The van der Waals surface area contributed by atoms with E-state index in [9.17, 15) is 14.4 Å². The molecule has 1 heterocycles. The zero-order valence-electron chi connectivity index (χ0n) is 20.1. The number of benzene rings is 3. The Balaban J connectivity index is 1.57. The molecule has 0 radical (unpaired) electrons. The van der Waals surface area contributed by atoms with Crippen LogP contribution in [-0.4, -0.2) is 30.9 Å². The van der Waals surface area contributed by atoms with Gasteiger partial charge >= 0.3 is 5.97 Å². The van der Waals surface area contributed by atoms with Crippen molar-refractivity contribution in [2.45, 2.75) is 18.6 Å². The topological polar surface area (TPSA) is 93.7 Å². The van der Waals surface area contributed by atoms with Gasteiger partial charge in [-0.25, -0.2) is 4.79 Å². The third kappa shape index (κ3) is 7.05. The van der Waals surface area contributed by atoms with Crippen LogP contribution in [0.15, 0.2) is 102 Å². The lowest BCUT2D eigenvalue weighted by molar-refractivity contribution is -0.156. The molecule has 0 aliphatic rings. The number of amides is 2. The summed E-state index contributed by atoms with van der Waals surface area (Å²) in [5.74, 6) is -1.06. The van der Waals surface area contributed by atoms with Gasteiger partial charge in [-0.05, 0) is 29.1 Å². The minimum Gasteiger partial charge on any atom is -0.497 e. The third-order valence-electron chi connectivity index (χ3n) is 5.53. The van der Waals surface area contributed by atoms with E-state index in [2.05, 4.69) is 10.6 Å². The fourth-order valence-electron chi connectivity index (χ4n) is 3.69. The molecule has 2 amide bonds. The van der Waals surface area contributed by atoms with Gasteiger partial charge in [-0.1, -0.05) is 72.8 Å². The molecule has 0 saturated heterocycles.